The second-order valence-corrected chi connectivity index (χ2v) is 3.80. The molecule has 7 nitrogen and oxygen atoms in total. The number of anilines is 1. The zero-order chi connectivity index (χ0) is 12.8. The average molecular weight is 261 g/mol. The van der Waals surface area contributed by atoms with E-state index in [0.29, 0.717) is 13.0 Å². The molecule has 0 amide bonds. The summed E-state index contributed by atoms with van der Waals surface area (Å²) in [7, 11) is 1.59. The van der Waals surface area contributed by atoms with Crippen molar-refractivity contribution < 1.29 is 9.66 Å². The number of rotatable bonds is 6. The maximum absolute atomic E-state index is 10.8. The Labute approximate surface area is 103 Å². The van der Waals surface area contributed by atoms with Crippen molar-refractivity contribution in [3.63, 3.8) is 0 Å². The Bertz CT molecular complexity index is 402. The molecule has 1 rings (SSSR count). The molecule has 0 saturated heterocycles. The van der Waals surface area contributed by atoms with Crippen LogP contribution in [0.4, 0.5) is 11.5 Å². The van der Waals surface area contributed by atoms with Gasteiger partial charge in [0.1, 0.15) is 6.33 Å². The Morgan fingerprint density at radius 1 is 1.65 bits per heavy atom. The summed E-state index contributed by atoms with van der Waals surface area (Å²) in [6.07, 6.45) is 1.88. The first-order valence-corrected chi connectivity index (χ1v) is 5.34. The van der Waals surface area contributed by atoms with Gasteiger partial charge in [-0.3, -0.25) is 10.1 Å². The highest BCUT2D eigenvalue weighted by Gasteiger charge is 2.22. The monoisotopic (exact) mass is 260 g/mol. The summed E-state index contributed by atoms with van der Waals surface area (Å²) < 4.78 is 4.92. The van der Waals surface area contributed by atoms with E-state index < -0.39 is 4.92 Å². The fourth-order valence-electron chi connectivity index (χ4n) is 1.22. The van der Waals surface area contributed by atoms with E-state index in [4.69, 9.17) is 16.3 Å². The molecule has 0 spiro atoms. The van der Waals surface area contributed by atoms with Gasteiger partial charge in [-0.05, 0) is 13.3 Å². The number of ether oxygens (including phenoxy) is 1. The van der Waals surface area contributed by atoms with Crippen LogP contribution < -0.4 is 5.32 Å². The fourth-order valence-corrected chi connectivity index (χ4v) is 1.43. The van der Waals surface area contributed by atoms with Gasteiger partial charge in [-0.1, -0.05) is 11.6 Å². The third kappa shape index (κ3) is 3.79. The number of methoxy groups -OCH3 is 1. The van der Waals surface area contributed by atoms with E-state index >= 15 is 0 Å². The summed E-state index contributed by atoms with van der Waals surface area (Å²) in [5.41, 5.74) is -0.307. The van der Waals surface area contributed by atoms with Crippen molar-refractivity contribution in [2.45, 2.75) is 19.4 Å². The summed E-state index contributed by atoms with van der Waals surface area (Å²) in [6, 6.07) is -0.0142. The summed E-state index contributed by atoms with van der Waals surface area (Å²) in [5, 5.41) is 13.6. The molecule has 17 heavy (non-hydrogen) atoms. The van der Waals surface area contributed by atoms with Crippen molar-refractivity contribution in [2.75, 3.05) is 19.0 Å². The Hall–Kier alpha value is -1.47. The summed E-state index contributed by atoms with van der Waals surface area (Å²) >= 11 is 5.65. The molecule has 1 heterocycles. The van der Waals surface area contributed by atoms with Crippen LogP contribution in [0.5, 0.6) is 0 Å². The molecule has 0 aliphatic heterocycles. The molecule has 1 aromatic rings. The molecule has 0 aromatic carbocycles. The third-order valence-corrected chi connectivity index (χ3v) is 2.37. The lowest BCUT2D eigenvalue weighted by Gasteiger charge is -2.13. The smallest absolute Gasteiger partial charge is 0.348 e. The molecule has 94 valence electrons. The van der Waals surface area contributed by atoms with E-state index in [1.165, 1.54) is 6.33 Å². The predicted octanol–water partition coefficient (Wildman–Crippen LogP) is 1.88. The van der Waals surface area contributed by atoms with Crippen LogP contribution in [0.25, 0.3) is 0 Å². The van der Waals surface area contributed by atoms with Crippen LogP contribution in [0.1, 0.15) is 13.3 Å². The number of hydrogen-bond acceptors (Lipinski definition) is 6. The lowest BCUT2D eigenvalue weighted by atomic mass is 10.2. The standard InChI is InChI=1S/C9H13ClN4O3/c1-6(3-4-17-2)13-9-7(14(15)16)8(10)11-5-12-9/h5-6H,3-4H2,1-2H3,(H,11,12,13). The second kappa shape index (κ2) is 6.31. The van der Waals surface area contributed by atoms with Gasteiger partial charge in [0.2, 0.25) is 11.0 Å². The first-order valence-electron chi connectivity index (χ1n) is 4.96. The topological polar surface area (TPSA) is 90.2 Å². The SMILES string of the molecule is COCCC(C)Nc1ncnc(Cl)c1[N+](=O)[O-]. The lowest BCUT2D eigenvalue weighted by Crippen LogP contribution is -2.19. The van der Waals surface area contributed by atoms with Gasteiger partial charge in [0.25, 0.3) is 0 Å². The van der Waals surface area contributed by atoms with E-state index in [2.05, 4.69) is 15.3 Å². The molecule has 1 atom stereocenters. The quantitative estimate of drug-likeness (QED) is 0.477. The maximum Gasteiger partial charge on any atom is 0.348 e. The van der Waals surface area contributed by atoms with Gasteiger partial charge < -0.3 is 10.1 Å². The van der Waals surface area contributed by atoms with E-state index in [1.54, 1.807) is 7.11 Å². The second-order valence-electron chi connectivity index (χ2n) is 3.45. The summed E-state index contributed by atoms with van der Waals surface area (Å²) in [4.78, 5) is 17.6. The Kier molecular flexibility index (Phi) is 5.05. The number of nitrogens with zero attached hydrogens (tertiary/aromatic N) is 3. The molecule has 0 bridgehead atoms. The van der Waals surface area contributed by atoms with Crippen LogP contribution in [0.15, 0.2) is 6.33 Å². The van der Waals surface area contributed by atoms with Gasteiger partial charge in [0, 0.05) is 19.8 Å². The van der Waals surface area contributed by atoms with Crippen LogP contribution in [0.3, 0.4) is 0 Å². The molecule has 0 radical (unpaired) electrons. The normalized spacial score (nSPS) is 12.2. The average Bonchev–Trinajstić information content (AvgIpc) is 2.25. The molecule has 1 aromatic heterocycles. The first kappa shape index (κ1) is 13.6. The molecule has 0 aliphatic rings. The summed E-state index contributed by atoms with van der Waals surface area (Å²) in [5.74, 6) is 0.124. The number of nitrogens with one attached hydrogen (secondary N) is 1. The minimum atomic E-state index is -0.603. The van der Waals surface area contributed by atoms with Gasteiger partial charge in [0.15, 0.2) is 0 Å². The van der Waals surface area contributed by atoms with Crippen LogP contribution in [0, 0.1) is 10.1 Å². The summed E-state index contributed by atoms with van der Waals surface area (Å²) in [6.45, 7) is 2.43. The molecule has 8 heteroatoms. The van der Waals surface area contributed by atoms with E-state index in [-0.39, 0.29) is 22.7 Å². The Morgan fingerprint density at radius 3 is 2.94 bits per heavy atom. The van der Waals surface area contributed by atoms with Crippen molar-refractivity contribution >= 4 is 23.1 Å². The first-order chi connectivity index (χ1) is 8.06. The van der Waals surface area contributed by atoms with E-state index in [0.717, 1.165) is 0 Å². The van der Waals surface area contributed by atoms with E-state index in [9.17, 15) is 10.1 Å². The van der Waals surface area contributed by atoms with Crippen LogP contribution in [-0.2, 0) is 4.74 Å². The van der Waals surface area contributed by atoms with Crippen molar-refractivity contribution in [1.29, 1.82) is 0 Å². The van der Waals surface area contributed by atoms with Crippen LogP contribution in [0.2, 0.25) is 5.15 Å². The zero-order valence-corrected chi connectivity index (χ0v) is 10.3. The highest BCUT2D eigenvalue weighted by molar-refractivity contribution is 6.31. The Balaban J connectivity index is 2.83. The van der Waals surface area contributed by atoms with Gasteiger partial charge in [0.05, 0.1) is 4.92 Å². The van der Waals surface area contributed by atoms with Crippen molar-refractivity contribution in [3.05, 3.63) is 21.6 Å². The van der Waals surface area contributed by atoms with Gasteiger partial charge in [-0.15, -0.1) is 0 Å². The maximum atomic E-state index is 10.8. The molecule has 0 aliphatic carbocycles. The Morgan fingerprint density at radius 2 is 2.35 bits per heavy atom. The number of hydrogen-bond donors (Lipinski definition) is 1. The minimum absolute atomic E-state index is 0.0142. The molecular weight excluding hydrogens is 248 g/mol. The van der Waals surface area contributed by atoms with Crippen LogP contribution in [-0.4, -0.2) is 34.6 Å². The predicted molar refractivity (Wildman–Crippen MR) is 63.3 cm³/mol. The van der Waals surface area contributed by atoms with Crippen molar-refractivity contribution in [3.8, 4) is 0 Å². The number of aromatic nitrogens is 2. The molecule has 1 unspecified atom stereocenters. The number of nitro groups is 1. The highest BCUT2D eigenvalue weighted by Crippen LogP contribution is 2.28. The molecular formula is C9H13ClN4O3. The van der Waals surface area contributed by atoms with Crippen LogP contribution >= 0.6 is 11.6 Å². The molecule has 1 N–H and O–H groups in total. The lowest BCUT2D eigenvalue weighted by molar-refractivity contribution is -0.384. The minimum Gasteiger partial charge on any atom is -0.385 e. The fraction of sp³-hybridized carbons (Fsp3) is 0.556. The van der Waals surface area contributed by atoms with Gasteiger partial charge in [-0.25, -0.2) is 9.97 Å². The third-order valence-electron chi connectivity index (χ3n) is 2.10. The van der Waals surface area contributed by atoms with E-state index in [1.807, 2.05) is 6.92 Å². The van der Waals surface area contributed by atoms with Crippen molar-refractivity contribution in [1.82, 2.24) is 9.97 Å². The van der Waals surface area contributed by atoms with Gasteiger partial charge in [-0.2, -0.15) is 0 Å². The molecule has 0 fully saturated rings. The largest absolute Gasteiger partial charge is 0.385 e. The highest BCUT2D eigenvalue weighted by atomic mass is 35.5. The molecule has 0 saturated carbocycles. The zero-order valence-electron chi connectivity index (χ0n) is 9.51. The van der Waals surface area contributed by atoms with Crippen molar-refractivity contribution in [2.24, 2.45) is 0 Å². The number of halogens is 1. The van der Waals surface area contributed by atoms with Gasteiger partial charge >= 0.3 is 5.69 Å².